The van der Waals surface area contributed by atoms with Crippen LogP contribution in [0.1, 0.15) is 5.56 Å². The summed E-state index contributed by atoms with van der Waals surface area (Å²) in [6.07, 6.45) is 0. The standard InChI is InChI=1S/C13H10BrF2NS/c14-11-5-9(17)2-1-8(11)7-18-10-3-4-12(15)13(16)6-10/h1-6H,7,17H2. The molecule has 18 heavy (non-hydrogen) atoms. The van der Waals surface area contributed by atoms with Crippen LogP contribution < -0.4 is 5.73 Å². The second-order valence-electron chi connectivity index (χ2n) is 3.72. The summed E-state index contributed by atoms with van der Waals surface area (Å²) in [6, 6.07) is 9.44. The third-order valence-electron chi connectivity index (χ3n) is 2.36. The number of hydrogen-bond donors (Lipinski definition) is 1. The normalized spacial score (nSPS) is 10.6. The molecule has 0 saturated carbocycles. The first kappa shape index (κ1) is 13.4. The Morgan fingerprint density at radius 2 is 1.83 bits per heavy atom. The average molecular weight is 330 g/mol. The third kappa shape index (κ3) is 3.23. The average Bonchev–Trinajstić information content (AvgIpc) is 2.32. The highest BCUT2D eigenvalue weighted by atomic mass is 79.9. The summed E-state index contributed by atoms with van der Waals surface area (Å²) in [4.78, 5) is 0.692. The highest BCUT2D eigenvalue weighted by Crippen LogP contribution is 2.28. The molecule has 0 fully saturated rings. The van der Waals surface area contributed by atoms with Crippen LogP contribution in [-0.4, -0.2) is 0 Å². The molecule has 2 rings (SSSR count). The van der Waals surface area contributed by atoms with E-state index in [4.69, 9.17) is 5.73 Å². The van der Waals surface area contributed by atoms with Crippen molar-refractivity contribution >= 4 is 33.4 Å². The largest absolute Gasteiger partial charge is 0.399 e. The van der Waals surface area contributed by atoms with Gasteiger partial charge in [-0.1, -0.05) is 22.0 Å². The number of rotatable bonds is 3. The topological polar surface area (TPSA) is 26.0 Å². The fourth-order valence-corrected chi connectivity index (χ4v) is 3.06. The molecule has 0 aliphatic rings. The molecular formula is C13H10BrF2NS. The highest BCUT2D eigenvalue weighted by molar-refractivity contribution is 9.10. The molecule has 0 aliphatic carbocycles. The summed E-state index contributed by atoms with van der Waals surface area (Å²) in [6.45, 7) is 0. The lowest BCUT2D eigenvalue weighted by atomic mass is 10.2. The van der Waals surface area contributed by atoms with Crippen LogP contribution in [0.25, 0.3) is 0 Å². The van der Waals surface area contributed by atoms with Gasteiger partial charge in [-0.2, -0.15) is 0 Å². The van der Waals surface area contributed by atoms with Gasteiger partial charge in [0.15, 0.2) is 11.6 Å². The number of halogens is 3. The van der Waals surface area contributed by atoms with Gasteiger partial charge in [-0.3, -0.25) is 0 Å². The zero-order valence-electron chi connectivity index (χ0n) is 9.29. The van der Waals surface area contributed by atoms with Crippen LogP contribution in [0, 0.1) is 11.6 Å². The van der Waals surface area contributed by atoms with Crippen molar-refractivity contribution in [1.82, 2.24) is 0 Å². The van der Waals surface area contributed by atoms with Crippen molar-refractivity contribution < 1.29 is 8.78 Å². The van der Waals surface area contributed by atoms with Gasteiger partial charge in [0.1, 0.15) is 0 Å². The molecule has 0 bridgehead atoms. The van der Waals surface area contributed by atoms with Crippen LogP contribution in [0.4, 0.5) is 14.5 Å². The van der Waals surface area contributed by atoms with Crippen molar-refractivity contribution in [2.45, 2.75) is 10.6 Å². The van der Waals surface area contributed by atoms with Crippen molar-refractivity contribution in [3.63, 3.8) is 0 Å². The van der Waals surface area contributed by atoms with Crippen LogP contribution in [0.15, 0.2) is 45.8 Å². The van der Waals surface area contributed by atoms with Gasteiger partial charge in [0.05, 0.1) is 0 Å². The number of nitrogens with two attached hydrogens (primary N) is 1. The Kier molecular flexibility index (Phi) is 4.24. The molecule has 2 N–H and O–H groups in total. The second kappa shape index (κ2) is 5.71. The van der Waals surface area contributed by atoms with E-state index in [0.29, 0.717) is 16.3 Å². The van der Waals surface area contributed by atoms with Crippen LogP contribution in [0.3, 0.4) is 0 Å². The molecule has 0 radical (unpaired) electrons. The SMILES string of the molecule is Nc1ccc(CSc2ccc(F)c(F)c2)c(Br)c1. The summed E-state index contributed by atoms with van der Waals surface area (Å²) >= 11 is 4.86. The van der Waals surface area contributed by atoms with Crippen LogP contribution in [0.2, 0.25) is 0 Å². The maximum Gasteiger partial charge on any atom is 0.159 e. The molecule has 0 atom stereocenters. The van der Waals surface area contributed by atoms with Crippen molar-refractivity contribution in [2.24, 2.45) is 0 Å². The number of thioether (sulfide) groups is 1. The number of hydrogen-bond acceptors (Lipinski definition) is 2. The Balaban J connectivity index is 2.09. The van der Waals surface area contributed by atoms with Gasteiger partial charge < -0.3 is 5.73 Å². The van der Waals surface area contributed by atoms with Gasteiger partial charge in [0.2, 0.25) is 0 Å². The van der Waals surface area contributed by atoms with E-state index in [1.54, 1.807) is 6.07 Å². The Bertz CT molecular complexity index is 575. The van der Waals surface area contributed by atoms with Gasteiger partial charge >= 0.3 is 0 Å². The van der Waals surface area contributed by atoms with Gasteiger partial charge in [-0.25, -0.2) is 8.78 Å². The minimum absolute atomic E-state index is 0.659. The quantitative estimate of drug-likeness (QED) is 0.657. The summed E-state index contributed by atoms with van der Waals surface area (Å²) in [5.74, 6) is -0.990. The molecule has 0 heterocycles. The lowest BCUT2D eigenvalue weighted by Gasteiger charge is -2.06. The van der Waals surface area contributed by atoms with Gasteiger partial charge in [-0.15, -0.1) is 11.8 Å². The molecule has 94 valence electrons. The highest BCUT2D eigenvalue weighted by Gasteiger charge is 2.05. The van der Waals surface area contributed by atoms with E-state index in [9.17, 15) is 8.78 Å². The smallest absolute Gasteiger partial charge is 0.159 e. The Labute approximate surface area is 117 Å². The lowest BCUT2D eigenvalue weighted by Crippen LogP contribution is -1.89. The fraction of sp³-hybridized carbons (Fsp3) is 0.0769. The zero-order chi connectivity index (χ0) is 13.1. The molecule has 0 unspecified atom stereocenters. The third-order valence-corrected chi connectivity index (χ3v) is 4.14. The molecule has 5 heteroatoms. The van der Waals surface area contributed by atoms with E-state index in [-0.39, 0.29) is 0 Å². The minimum atomic E-state index is -0.826. The van der Waals surface area contributed by atoms with Crippen LogP contribution in [0.5, 0.6) is 0 Å². The van der Waals surface area contributed by atoms with Gasteiger partial charge in [0, 0.05) is 20.8 Å². The molecule has 0 amide bonds. The number of nitrogen functional groups attached to an aromatic ring is 1. The molecule has 0 saturated heterocycles. The predicted molar refractivity (Wildman–Crippen MR) is 74.5 cm³/mol. The van der Waals surface area contributed by atoms with Crippen molar-refractivity contribution in [3.8, 4) is 0 Å². The monoisotopic (exact) mass is 329 g/mol. The van der Waals surface area contributed by atoms with Gasteiger partial charge in [0.25, 0.3) is 0 Å². The van der Waals surface area contributed by atoms with Crippen molar-refractivity contribution in [2.75, 3.05) is 5.73 Å². The molecule has 0 aliphatic heterocycles. The fourth-order valence-electron chi connectivity index (χ4n) is 1.41. The Hall–Kier alpha value is -1.07. The molecular weight excluding hydrogens is 320 g/mol. The summed E-state index contributed by atoms with van der Waals surface area (Å²) in [5, 5.41) is 0. The summed E-state index contributed by atoms with van der Waals surface area (Å²) < 4.78 is 26.7. The minimum Gasteiger partial charge on any atom is -0.399 e. The predicted octanol–water partition coefficient (Wildman–Crippen LogP) is 4.60. The number of benzene rings is 2. The molecule has 0 aromatic heterocycles. The molecule has 2 aromatic rings. The first-order valence-corrected chi connectivity index (χ1v) is 6.96. The summed E-state index contributed by atoms with van der Waals surface area (Å²) in [7, 11) is 0. The van der Waals surface area contributed by atoms with Crippen LogP contribution in [-0.2, 0) is 5.75 Å². The maximum absolute atomic E-state index is 13.0. The second-order valence-corrected chi connectivity index (χ2v) is 5.62. The van der Waals surface area contributed by atoms with Crippen molar-refractivity contribution in [3.05, 3.63) is 58.1 Å². The van der Waals surface area contributed by atoms with Crippen LogP contribution >= 0.6 is 27.7 Å². The summed E-state index contributed by atoms with van der Waals surface area (Å²) in [5.41, 5.74) is 7.38. The number of anilines is 1. The van der Waals surface area contributed by atoms with E-state index in [1.165, 1.54) is 17.8 Å². The van der Waals surface area contributed by atoms with E-state index < -0.39 is 11.6 Å². The van der Waals surface area contributed by atoms with E-state index in [1.807, 2.05) is 18.2 Å². The Morgan fingerprint density at radius 1 is 1.06 bits per heavy atom. The zero-order valence-corrected chi connectivity index (χ0v) is 11.7. The maximum atomic E-state index is 13.0. The van der Waals surface area contributed by atoms with Crippen molar-refractivity contribution in [1.29, 1.82) is 0 Å². The van der Waals surface area contributed by atoms with Gasteiger partial charge in [-0.05, 0) is 35.9 Å². The lowest BCUT2D eigenvalue weighted by molar-refractivity contribution is 0.506. The molecule has 0 spiro atoms. The van der Waals surface area contributed by atoms with E-state index >= 15 is 0 Å². The van der Waals surface area contributed by atoms with E-state index in [2.05, 4.69) is 15.9 Å². The molecule has 2 aromatic carbocycles. The molecule has 1 nitrogen and oxygen atoms in total. The first-order valence-electron chi connectivity index (χ1n) is 5.18. The van der Waals surface area contributed by atoms with E-state index in [0.717, 1.165) is 16.1 Å². The first-order chi connectivity index (χ1) is 8.56. The Morgan fingerprint density at radius 3 is 2.50 bits per heavy atom.